The van der Waals surface area contributed by atoms with Gasteiger partial charge in [0.2, 0.25) is 0 Å². The average Bonchev–Trinajstić information content (AvgIpc) is 2.79. The fourth-order valence-corrected chi connectivity index (χ4v) is 2.33. The predicted octanol–water partition coefficient (Wildman–Crippen LogP) is 3.35. The summed E-state index contributed by atoms with van der Waals surface area (Å²) in [5.41, 5.74) is -2.35. The fraction of sp³-hybridized carbons (Fsp3) is 0.429. The number of thiocarbonyl (C=S) groups is 1. The first-order valence-corrected chi connectivity index (χ1v) is 7.08. The normalized spacial score (nSPS) is 22.0. The highest BCUT2D eigenvalue weighted by Crippen LogP contribution is 2.41. The van der Waals surface area contributed by atoms with Crippen LogP contribution in [0.3, 0.4) is 0 Å². The Labute approximate surface area is 131 Å². The number of aliphatic hydroxyl groups is 1. The summed E-state index contributed by atoms with van der Waals surface area (Å²) in [5, 5.41) is 16.8. The van der Waals surface area contributed by atoms with Gasteiger partial charge in [0.1, 0.15) is 0 Å². The standard InChI is InChI=1S/C14H16F3N3OS/c1-9(2)11-8-13(21,14(15,16)17)20(19-11)12(22)18-10-6-4-3-5-7-10/h3-7,9,21H,8H2,1-2H3,(H,18,22). The SMILES string of the molecule is CC(C)C1=NN(C(=S)Nc2ccccc2)C(O)(C(F)(F)F)C1. The van der Waals surface area contributed by atoms with Crippen LogP contribution in [-0.4, -0.2) is 32.8 Å². The lowest BCUT2D eigenvalue weighted by Crippen LogP contribution is -2.57. The molecule has 0 aromatic heterocycles. The monoisotopic (exact) mass is 331 g/mol. The minimum Gasteiger partial charge on any atom is -0.362 e. The second-order valence-corrected chi connectivity index (χ2v) is 5.73. The lowest BCUT2D eigenvalue weighted by Gasteiger charge is -2.34. The predicted molar refractivity (Wildman–Crippen MR) is 82.4 cm³/mol. The zero-order valence-corrected chi connectivity index (χ0v) is 12.9. The summed E-state index contributed by atoms with van der Waals surface area (Å²) in [6, 6.07) is 8.51. The van der Waals surface area contributed by atoms with Gasteiger partial charge in [-0.1, -0.05) is 32.0 Å². The quantitative estimate of drug-likeness (QED) is 0.816. The molecule has 2 N–H and O–H groups in total. The lowest BCUT2D eigenvalue weighted by molar-refractivity contribution is -0.294. The van der Waals surface area contributed by atoms with E-state index in [1.165, 1.54) is 0 Å². The molecule has 22 heavy (non-hydrogen) atoms. The number of para-hydroxylation sites is 1. The summed E-state index contributed by atoms with van der Waals surface area (Å²) in [6.07, 6.45) is -5.50. The van der Waals surface area contributed by atoms with Crippen molar-refractivity contribution in [2.75, 3.05) is 5.32 Å². The van der Waals surface area contributed by atoms with Gasteiger partial charge in [0.05, 0.1) is 0 Å². The van der Waals surface area contributed by atoms with Crippen molar-refractivity contribution in [3.05, 3.63) is 30.3 Å². The van der Waals surface area contributed by atoms with Gasteiger partial charge in [-0.3, -0.25) is 0 Å². The summed E-state index contributed by atoms with van der Waals surface area (Å²) in [5.74, 6) is -0.224. The second kappa shape index (κ2) is 5.85. The summed E-state index contributed by atoms with van der Waals surface area (Å²) in [4.78, 5) is 0. The number of hydrazone groups is 1. The van der Waals surface area contributed by atoms with Crippen molar-refractivity contribution in [2.45, 2.75) is 32.2 Å². The molecule has 120 valence electrons. The summed E-state index contributed by atoms with van der Waals surface area (Å²) in [6.45, 7) is 3.43. The number of hydrogen-bond acceptors (Lipinski definition) is 3. The van der Waals surface area contributed by atoms with Gasteiger partial charge in [0.25, 0.3) is 5.72 Å². The van der Waals surface area contributed by atoms with Gasteiger partial charge < -0.3 is 10.4 Å². The zero-order chi connectivity index (χ0) is 16.5. The Bertz CT molecular complexity index is 589. The summed E-state index contributed by atoms with van der Waals surface area (Å²) in [7, 11) is 0. The number of alkyl halides is 3. The molecule has 0 amide bonds. The number of rotatable bonds is 2. The highest BCUT2D eigenvalue weighted by Gasteiger charge is 2.62. The van der Waals surface area contributed by atoms with Crippen molar-refractivity contribution in [1.82, 2.24) is 5.01 Å². The average molecular weight is 331 g/mol. The second-order valence-electron chi connectivity index (χ2n) is 5.35. The molecule has 0 bridgehead atoms. The van der Waals surface area contributed by atoms with Crippen molar-refractivity contribution in [3.63, 3.8) is 0 Å². The van der Waals surface area contributed by atoms with Gasteiger partial charge in [-0.15, -0.1) is 0 Å². The highest BCUT2D eigenvalue weighted by molar-refractivity contribution is 7.80. The molecule has 1 unspecified atom stereocenters. The third kappa shape index (κ3) is 3.07. The Balaban J connectivity index is 2.30. The molecule has 2 rings (SSSR count). The van der Waals surface area contributed by atoms with E-state index >= 15 is 0 Å². The minimum atomic E-state index is -4.88. The van der Waals surface area contributed by atoms with E-state index in [9.17, 15) is 18.3 Å². The molecule has 0 fully saturated rings. The van der Waals surface area contributed by atoms with E-state index in [-0.39, 0.29) is 16.7 Å². The van der Waals surface area contributed by atoms with Crippen LogP contribution in [0, 0.1) is 5.92 Å². The van der Waals surface area contributed by atoms with Gasteiger partial charge in [-0.25, -0.2) is 0 Å². The van der Waals surface area contributed by atoms with Crippen molar-refractivity contribution < 1.29 is 18.3 Å². The fourth-order valence-electron chi connectivity index (χ4n) is 2.03. The molecule has 4 nitrogen and oxygen atoms in total. The Kier molecular flexibility index (Phi) is 4.44. The first-order chi connectivity index (χ1) is 10.1. The van der Waals surface area contributed by atoms with Crippen LogP contribution in [0.25, 0.3) is 0 Å². The Hall–Kier alpha value is -1.67. The number of halogens is 3. The first kappa shape index (κ1) is 16.7. The number of anilines is 1. The lowest BCUT2D eigenvalue weighted by atomic mass is 9.99. The van der Waals surface area contributed by atoms with E-state index < -0.39 is 18.3 Å². The van der Waals surface area contributed by atoms with E-state index in [2.05, 4.69) is 10.4 Å². The van der Waals surface area contributed by atoms with Gasteiger partial charge in [0, 0.05) is 17.8 Å². The molecule has 1 atom stereocenters. The Morgan fingerprint density at radius 1 is 1.36 bits per heavy atom. The highest BCUT2D eigenvalue weighted by atomic mass is 32.1. The van der Waals surface area contributed by atoms with Gasteiger partial charge in [0.15, 0.2) is 5.11 Å². The molecule has 1 aromatic carbocycles. The first-order valence-electron chi connectivity index (χ1n) is 6.68. The molecule has 0 radical (unpaired) electrons. The van der Waals surface area contributed by atoms with Crippen LogP contribution in [0.4, 0.5) is 18.9 Å². The summed E-state index contributed by atoms with van der Waals surface area (Å²) < 4.78 is 39.8. The van der Waals surface area contributed by atoms with Crippen molar-refractivity contribution >= 4 is 28.7 Å². The molecular formula is C14H16F3N3OS. The summed E-state index contributed by atoms with van der Waals surface area (Å²) >= 11 is 5.00. The van der Waals surface area contributed by atoms with E-state index in [1.54, 1.807) is 44.2 Å². The Morgan fingerprint density at radius 2 is 1.95 bits per heavy atom. The molecule has 0 aliphatic carbocycles. The molecule has 0 saturated heterocycles. The molecule has 1 heterocycles. The number of benzene rings is 1. The number of hydrogen-bond donors (Lipinski definition) is 2. The van der Waals surface area contributed by atoms with Gasteiger partial charge in [-0.05, 0) is 30.3 Å². The minimum absolute atomic E-state index is 0.224. The van der Waals surface area contributed by atoms with Crippen LogP contribution in [0.1, 0.15) is 20.3 Å². The van der Waals surface area contributed by atoms with Crippen LogP contribution in [-0.2, 0) is 0 Å². The van der Waals surface area contributed by atoms with E-state index in [4.69, 9.17) is 12.2 Å². The van der Waals surface area contributed by atoms with Crippen LogP contribution >= 0.6 is 12.2 Å². The van der Waals surface area contributed by atoms with Crippen LogP contribution in [0.15, 0.2) is 35.4 Å². The smallest absolute Gasteiger partial charge is 0.362 e. The topological polar surface area (TPSA) is 47.9 Å². The number of nitrogens with one attached hydrogen (secondary N) is 1. The third-order valence-corrected chi connectivity index (χ3v) is 3.62. The molecule has 1 aliphatic rings. The molecule has 1 aromatic rings. The van der Waals surface area contributed by atoms with E-state index in [0.717, 1.165) is 0 Å². The van der Waals surface area contributed by atoms with Crippen molar-refractivity contribution in [2.24, 2.45) is 11.0 Å². The van der Waals surface area contributed by atoms with Crippen molar-refractivity contribution in [1.29, 1.82) is 0 Å². The molecule has 1 aliphatic heterocycles. The van der Waals surface area contributed by atoms with Crippen LogP contribution in [0.5, 0.6) is 0 Å². The Morgan fingerprint density at radius 3 is 2.45 bits per heavy atom. The van der Waals surface area contributed by atoms with Crippen LogP contribution in [0.2, 0.25) is 0 Å². The largest absolute Gasteiger partial charge is 0.438 e. The van der Waals surface area contributed by atoms with Crippen LogP contribution < -0.4 is 5.32 Å². The van der Waals surface area contributed by atoms with Gasteiger partial charge in [-0.2, -0.15) is 23.3 Å². The van der Waals surface area contributed by atoms with E-state index in [1.807, 2.05) is 0 Å². The van der Waals surface area contributed by atoms with E-state index in [0.29, 0.717) is 10.7 Å². The maximum atomic E-state index is 13.3. The molecule has 0 spiro atoms. The molecular weight excluding hydrogens is 315 g/mol. The molecule has 0 saturated carbocycles. The maximum absolute atomic E-state index is 13.3. The van der Waals surface area contributed by atoms with Gasteiger partial charge >= 0.3 is 6.18 Å². The number of nitrogens with zero attached hydrogens (tertiary/aromatic N) is 2. The zero-order valence-electron chi connectivity index (χ0n) is 12.1. The third-order valence-electron chi connectivity index (χ3n) is 3.34. The van der Waals surface area contributed by atoms with Crippen molar-refractivity contribution in [3.8, 4) is 0 Å². The molecule has 8 heteroatoms. The maximum Gasteiger partial charge on any atom is 0.438 e.